The Kier molecular flexibility index (Phi) is 4.12. The molecule has 2 aromatic carbocycles. The molecule has 3 aromatic rings. The molecule has 0 saturated carbocycles. The van der Waals surface area contributed by atoms with Crippen LogP contribution in [0.1, 0.15) is 19.4 Å². The van der Waals surface area contributed by atoms with Gasteiger partial charge in [-0.2, -0.15) is 0 Å². The highest BCUT2D eigenvalue weighted by Crippen LogP contribution is 2.35. The smallest absolute Gasteiger partial charge is 0.344 e. The summed E-state index contributed by atoms with van der Waals surface area (Å²) in [6.45, 7) is 2.03. The van der Waals surface area contributed by atoms with E-state index in [9.17, 15) is 18.4 Å². The van der Waals surface area contributed by atoms with Gasteiger partial charge in [-0.3, -0.25) is 4.79 Å². The molecule has 1 heterocycles. The minimum absolute atomic E-state index is 0.0462. The summed E-state index contributed by atoms with van der Waals surface area (Å²) in [5, 5.41) is 0.528. The first-order valence-electron chi connectivity index (χ1n) is 7.50. The largest absolute Gasteiger partial charge is 0.427 e. The van der Waals surface area contributed by atoms with Crippen LogP contribution in [-0.2, 0) is 10.7 Å². The molecule has 4 nitrogen and oxygen atoms in total. The lowest BCUT2D eigenvalue weighted by Crippen LogP contribution is -2.12. The van der Waals surface area contributed by atoms with Crippen molar-refractivity contribution in [3.05, 3.63) is 64.5 Å². The Morgan fingerprint density at radius 1 is 1.08 bits per heavy atom. The molecule has 6 heteroatoms. The zero-order valence-corrected chi connectivity index (χ0v) is 13.5. The minimum Gasteiger partial charge on any atom is -0.427 e. The first-order valence-corrected chi connectivity index (χ1v) is 7.50. The summed E-state index contributed by atoms with van der Waals surface area (Å²) in [5.74, 6) is -3.37. The van der Waals surface area contributed by atoms with Crippen molar-refractivity contribution in [3.63, 3.8) is 0 Å². The number of carbonyl (C=O) groups excluding carboxylic acids is 1. The predicted octanol–water partition coefficient (Wildman–Crippen LogP) is 4.50. The van der Waals surface area contributed by atoms with Crippen molar-refractivity contribution in [1.29, 1.82) is 0 Å². The number of alkyl halides is 2. The number of hydrogen-bond acceptors (Lipinski definition) is 4. The van der Waals surface area contributed by atoms with Crippen molar-refractivity contribution in [2.45, 2.75) is 19.8 Å². The highest BCUT2D eigenvalue weighted by molar-refractivity contribution is 5.84. The maximum absolute atomic E-state index is 13.8. The Bertz CT molecular complexity index is 1020. The molecule has 0 radical (unpaired) electrons. The molecule has 128 valence electrons. The molecule has 0 aliphatic heterocycles. The summed E-state index contributed by atoms with van der Waals surface area (Å²) in [6, 6.07) is 11.8. The number of ether oxygens (including phenoxy) is 1. The third kappa shape index (κ3) is 3.42. The van der Waals surface area contributed by atoms with E-state index in [-0.39, 0.29) is 28.0 Å². The van der Waals surface area contributed by atoms with E-state index >= 15 is 0 Å². The number of rotatable bonds is 3. The molecule has 0 aliphatic rings. The van der Waals surface area contributed by atoms with Gasteiger partial charge in [-0.05, 0) is 23.8 Å². The van der Waals surface area contributed by atoms with Crippen LogP contribution in [0.2, 0.25) is 0 Å². The summed E-state index contributed by atoms with van der Waals surface area (Å²) in [7, 11) is 0. The highest BCUT2D eigenvalue weighted by Gasteiger charge is 2.28. The molecule has 0 bridgehead atoms. The SMILES string of the molecule is CC(=O)Oc1ccc2cc(-c3ccccc3C(C)(F)F)c(=O)oc2c1. The monoisotopic (exact) mass is 344 g/mol. The molecule has 0 aliphatic carbocycles. The number of benzene rings is 2. The summed E-state index contributed by atoms with van der Waals surface area (Å²) < 4.78 is 37.9. The van der Waals surface area contributed by atoms with E-state index in [1.165, 1.54) is 43.3 Å². The first-order chi connectivity index (χ1) is 11.8. The second-order valence-electron chi connectivity index (χ2n) is 5.67. The highest BCUT2D eigenvalue weighted by atomic mass is 19.3. The van der Waals surface area contributed by atoms with E-state index < -0.39 is 17.5 Å². The molecular formula is C19H14F2O4. The molecule has 0 spiro atoms. The van der Waals surface area contributed by atoms with Crippen LogP contribution in [0.25, 0.3) is 22.1 Å². The van der Waals surface area contributed by atoms with E-state index in [4.69, 9.17) is 9.15 Å². The molecule has 0 amide bonds. The maximum Gasteiger partial charge on any atom is 0.344 e. The molecule has 0 saturated heterocycles. The van der Waals surface area contributed by atoms with Crippen LogP contribution >= 0.6 is 0 Å². The van der Waals surface area contributed by atoms with Gasteiger partial charge in [-0.15, -0.1) is 0 Å². The Balaban J connectivity index is 2.18. The van der Waals surface area contributed by atoms with Crippen molar-refractivity contribution in [2.75, 3.05) is 0 Å². The van der Waals surface area contributed by atoms with Gasteiger partial charge in [0.25, 0.3) is 5.92 Å². The molecule has 0 N–H and O–H groups in total. The number of hydrogen-bond donors (Lipinski definition) is 0. The number of fused-ring (bicyclic) bond motifs is 1. The minimum atomic E-state index is -3.10. The van der Waals surface area contributed by atoms with Gasteiger partial charge in [0, 0.05) is 30.9 Å². The summed E-state index contributed by atoms with van der Waals surface area (Å²) >= 11 is 0. The second kappa shape index (κ2) is 6.12. The van der Waals surface area contributed by atoms with Gasteiger partial charge in [0.05, 0.1) is 5.56 Å². The quantitative estimate of drug-likeness (QED) is 0.399. The average molecular weight is 344 g/mol. The summed E-state index contributed by atoms with van der Waals surface area (Å²) in [5.41, 5.74) is -0.629. The lowest BCUT2D eigenvalue weighted by atomic mass is 9.96. The van der Waals surface area contributed by atoms with Gasteiger partial charge in [-0.25, -0.2) is 13.6 Å². The molecule has 0 unspecified atom stereocenters. The molecule has 3 rings (SSSR count). The van der Waals surface area contributed by atoms with Crippen LogP contribution in [-0.4, -0.2) is 5.97 Å². The van der Waals surface area contributed by atoms with Gasteiger partial charge in [0.15, 0.2) is 0 Å². The predicted molar refractivity (Wildman–Crippen MR) is 88.8 cm³/mol. The van der Waals surface area contributed by atoms with Crippen molar-refractivity contribution >= 4 is 16.9 Å². The average Bonchev–Trinajstić information content (AvgIpc) is 2.53. The standard InChI is InChI=1S/C19H14F2O4/c1-11(22)24-13-8-7-12-9-15(18(23)25-17(12)10-13)14-5-3-4-6-16(14)19(2,20)21/h3-10H,1-2H3. The second-order valence-corrected chi connectivity index (χ2v) is 5.67. The molecule has 25 heavy (non-hydrogen) atoms. The number of carbonyl (C=O) groups is 1. The Morgan fingerprint density at radius 3 is 2.48 bits per heavy atom. The molecule has 1 aromatic heterocycles. The third-order valence-electron chi connectivity index (χ3n) is 3.66. The lowest BCUT2D eigenvalue weighted by molar-refractivity contribution is -0.131. The van der Waals surface area contributed by atoms with E-state index in [2.05, 4.69) is 0 Å². The molecular weight excluding hydrogens is 330 g/mol. The molecule has 0 atom stereocenters. The topological polar surface area (TPSA) is 56.5 Å². The summed E-state index contributed by atoms with van der Waals surface area (Å²) in [6.07, 6.45) is 0. The Labute approximate surface area is 141 Å². The third-order valence-corrected chi connectivity index (χ3v) is 3.66. The zero-order chi connectivity index (χ0) is 18.2. The van der Waals surface area contributed by atoms with E-state index in [0.717, 1.165) is 6.92 Å². The van der Waals surface area contributed by atoms with Gasteiger partial charge >= 0.3 is 11.6 Å². The van der Waals surface area contributed by atoms with Crippen LogP contribution in [0.4, 0.5) is 8.78 Å². The normalized spacial score (nSPS) is 11.5. The van der Waals surface area contributed by atoms with E-state index in [1.54, 1.807) is 12.1 Å². The van der Waals surface area contributed by atoms with Crippen molar-refractivity contribution in [2.24, 2.45) is 0 Å². The van der Waals surface area contributed by atoms with Crippen molar-refractivity contribution in [1.82, 2.24) is 0 Å². The Hall–Kier alpha value is -3.02. The van der Waals surface area contributed by atoms with Crippen LogP contribution in [0.3, 0.4) is 0 Å². The van der Waals surface area contributed by atoms with E-state index in [0.29, 0.717) is 5.39 Å². The van der Waals surface area contributed by atoms with Crippen LogP contribution in [0.15, 0.2) is 57.7 Å². The number of esters is 1. The van der Waals surface area contributed by atoms with Crippen LogP contribution in [0, 0.1) is 0 Å². The first kappa shape index (κ1) is 16.8. The fraction of sp³-hybridized carbons (Fsp3) is 0.158. The van der Waals surface area contributed by atoms with Gasteiger partial charge in [0.1, 0.15) is 11.3 Å². The maximum atomic E-state index is 13.8. The number of halogens is 2. The van der Waals surface area contributed by atoms with Crippen LogP contribution < -0.4 is 10.4 Å². The Morgan fingerprint density at radius 2 is 1.80 bits per heavy atom. The van der Waals surface area contributed by atoms with Gasteiger partial charge in [-0.1, -0.05) is 24.3 Å². The van der Waals surface area contributed by atoms with Crippen molar-refractivity contribution in [3.8, 4) is 16.9 Å². The summed E-state index contributed by atoms with van der Waals surface area (Å²) in [4.78, 5) is 23.3. The molecule has 0 fully saturated rings. The lowest BCUT2D eigenvalue weighted by Gasteiger charge is -2.15. The van der Waals surface area contributed by atoms with Gasteiger partial charge < -0.3 is 9.15 Å². The van der Waals surface area contributed by atoms with E-state index in [1.807, 2.05) is 0 Å². The van der Waals surface area contributed by atoms with Crippen LogP contribution in [0.5, 0.6) is 5.75 Å². The zero-order valence-electron chi connectivity index (χ0n) is 13.5. The van der Waals surface area contributed by atoms with Gasteiger partial charge in [0.2, 0.25) is 0 Å². The van der Waals surface area contributed by atoms with Crippen molar-refractivity contribution < 1.29 is 22.7 Å². The fourth-order valence-electron chi connectivity index (χ4n) is 2.61. The fourth-order valence-corrected chi connectivity index (χ4v) is 2.61.